The Labute approximate surface area is 130 Å². The van der Waals surface area contributed by atoms with Crippen LogP contribution >= 0.6 is 0 Å². The number of methoxy groups -OCH3 is 2. The highest BCUT2D eigenvalue weighted by Gasteiger charge is 2.36. The molecule has 11 heteroatoms. The molecule has 0 bridgehead atoms. The first-order chi connectivity index (χ1) is 10.2. The van der Waals surface area contributed by atoms with Crippen molar-refractivity contribution in [2.75, 3.05) is 33.9 Å². The van der Waals surface area contributed by atoms with Crippen LogP contribution in [0.5, 0.6) is 12.0 Å². The minimum absolute atomic E-state index is 0.324. The fourth-order valence-electron chi connectivity index (χ4n) is 2.32. The Kier molecular flexibility index (Phi) is 6.66. The van der Waals surface area contributed by atoms with E-state index in [4.69, 9.17) is 28.1 Å². The Hall–Kier alpha value is -1.30. The summed E-state index contributed by atoms with van der Waals surface area (Å²) in [6.45, 7) is 5.30. The van der Waals surface area contributed by atoms with Crippen LogP contribution in [0.4, 0.5) is 5.95 Å². The van der Waals surface area contributed by atoms with E-state index in [0.29, 0.717) is 12.0 Å². The Morgan fingerprint density at radius 1 is 0.955 bits per heavy atom. The van der Waals surface area contributed by atoms with E-state index < -0.39 is 10.2 Å². The molecule has 1 aliphatic rings. The second-order valence-electron chi connectivity index (χ2n) is 4.60. The van der Waals surface area contributed by atoms with Crippen molar-refractivity contribution < 1.29 is 38.4 Å². The SMILES string of the molecule is CC[N+]1(c2nc(OC)nc(OC)n2)CCCC1.[O-][Cl+3]([O-])([O-])[O-]. The van der Waals surface area contributed by atoms with Gasteiger partial charge in [0.1, 0.15) is 0 Å². The first-order valence-electron chi connectivity index (χ1n) is 6.56. The maximum atomic E-state index is 8.49. The molecule has 0 aromatic carbocycles. The largest absolute Gasteiger partial charge is 0.466 e. The van der Waals surface area contributed by atoms with E-state index >= 15 is 0 Å². The van der Waals surface area contributed by atoms with E-state index in [1.165, 1.54) is 12.8 Å². The molecule has 10 nitrogen and oxygen atoms in total. The molecule has 1 aromatic rings. The van der Waals surface area contributed by atoms with Gasteiger partial charge in [-0.05, 0) is 6.92 Å². The number of hydrogen-bond donors (Lipinski definition) is 0. The van der Waals surface area contributed by atoms with Crippen molar-refractivity contribution >= 4 is 5.95 Å². The van der Waals surface area contributed by atoms with Crippen LogP contribution in [0.1, 0.15) is 19.8 Å². The third-order valence-corrected chi connectivity index (χ3v) is 3.40. The van der Waals surface area contributed by atoms with Crippen molar-refractivity contribution in [1.82, 2.24) is 19.4 Å². The first-order valence-corrected chi connectivity index (χ1v) is 7.80. The van der Waals surface area contributed by atoms with Crippen LogP contribution in [-0.4, -0.2) is 48.8 Å². The molecule has 0 atom stereocenters. The zero-order chi connectivity index (χ0) is 16.8. The van der Waals surface area contributed by atoms with Gasteiger partial charge in [0.25, 0.3) is 0 Å². The minimum Gasteiger partial charge on any atom is -0.466 e. The summed E-state index contributed by atoms with van der Waals surface area (Å²) in [6.07, 6.45) is 2.42. The molecule has 0 spiro atoms. The molecular weight excluding hydrogens is 320 g/mol. The number of hydrogen-bond acceptors (Lipinski definition) is 9. The fourth-order valence-corrected chi connectivity index (χ4v) is 2.32. The maximum Gasteiger partial charge on any atom is 0.338 e. The maximum absolute atomic E-state index is 8.49. The number of ether oxygens (including phenoxy) is 2. The molecule has 0 unspecified atom stereocenters. The lowest BCUT2D eigenvalue weighted by molar-refractivity contribution is -2.00. The molecule has 0 radical (unpaired) electrons. The van der Waals surface area contributed by atoms with Gasteiger partial charge in [0.2, 0.25) is 0 Å². The quantitative estimate of drug-likeness (QED) is 0.504. The topological polar surface area (TPSA) is 149 Å². The normalized spacial score (nSPS) is 16.7. The van der Waals surface area contributed by atoms with Gasteiger partial charge in [-0.3, -0.25) is 4.48 Å². The fraction of sp³-hybridized carbons (Fsp3) is 0.727. The van der Waals surface area contributed by atoms with Crippen molar-refractivity contribution in [2.45, 2.75) is 19.8 Å². The molecule has 1 saturated heterocycles. The number of aromatic nitrogens is 3. The van der Waals surface area contributed by atoms with Gasteiger partial charge in [-0.2, -0.15) is 0 Å². The van der Waals surface area contributed by atoms with Gasteiger partial charge >= 0.3 is 18.0 Å². The summed E-state index contributed by atoms with van der Waals surface area (Å²) in [5.74, 6) is 0.758. The van der Waals surface area contributed by atoms with Crippen LogP contribution in [0.25, 0.3) is 0 Å². The van der Waals surface area contributed by atoms with Crippen molar-refractivity contribution in [1.29, 1.82) is 0 Å². The highest BCUT2D eigenvalue weighted by molar-refractivity contribution is 5.29. The second kappa shape index (κ2) is 7.81. The zero-order valence-corrected chi connectivity index (χ0v) is 13.4. The highest BCUT2D eigenvalue weighted by Crippen LogP contribution is 2.27. The number of likely N-dealkylation sites (tertiary alicyclic amines) is 1. The zero-order valence-electron chi connectivity index (χ0n) is 12.7. The Morgan fingerprint density at radius 3 is 1.68 bits per heavy atom. The molecule has 0 aliphatic carbocycles. The van der Waals surface area contributed by atoms with Gasteiger partial charge in [-0.1, -0.05) is 0 Å². The van der Waals surface area contributed by atoms with Gasteiger partial charge < -0.3 is 9.47 Å². The molecular formula is C11H19ClN4O6. The van der Waals surface area contributed by atoms with Gasteiger partial charge in [0.15, 0.2) is 0 Å². The van der Waals surface area contributed by atoms with Gasteiger partial charge in [0.05, 0.1) is 33.9 Å². The van der Waals surface area contributed by atoms with Gasteiger partial charge in [0, 0.05) is 12.8 Å². The van der Waals surface area contributed by atoms with Crippen LogP contribution < -0.4 is 32.6 Å². The molecule has 2 rings (SSSR count). The van der Waals surface area contributed by atoms with E-state index in [9.17, 15) is 0 Å². The van der Waals surface area contributed by atoms with E-state index in [-0.39, 0.29) is 0 Å². The molecule has 0 saturated carbocycles. The van der Waals surface area contributed by atoms with E-state index in [1.807, 2.05) is 0 Å². The molecule has 2 heterocycles. The first kappa shape index (κ1) is 18.7. The van der Waals surface area contributed by atoms with Crippen LogP contribution in [0.3, 0.4) is 0 Å². The standard InChI is InChI=1S/C11H19N4O2.ClHO4/c1-4-15(7-5-6-8-15)9-12-10(16-2)14-11(13-9)17-3;2-1(3,4)5/h4-8H2,1-3H3;(H,2,3,4,5)/q+1;/p-1. The monoisotopic (exact) mass is 338 g/mol. The predicted octanol–water partition coefficient (Wildman–Crippen LogP) is -3.75. The molecule has 1 aliphatic heterocycles. The van der Waals surface area contributed by atoms with Crippen LogP contribution in [0.2, 0.25) is 0 Å². The second-order valence-corrected chi connectivity index (χ2v) is 5.36. The Morgan fingerprint density at radius 2 is 1.36 bits per heavy atom. The third-order valence-electron chi connectivity index (χ3n) is 3.40. The van der Waals surface area contributed by atoms with Crippen molar-refractivity contribution in [3.8, 4) is 12.0 Å². The average molecular weight is 339 g/mol. The lowest BCUT2D eigenvalue weighted by atomic mass is 10.4. The van der Waals surface area contributed by atoms with Crippen molar-refractivity contribution in [2.24, 2.45) is 0 Å². The number of quaternary nitrogens is 1. The summed E-state index contributed by atoms with van der Waals surface area (Å²) in [7, 11) is -1.84. The summed E-state index contributed by atoms with van der Waals surface area (Å²) in [6, 6.07) is 0.648. The summed E-state index contributed by atoms with van der Waals surface area (Å²) in [5, 5.41) is 0. The molecule has 0 amide bonds. The summed E-state index contributed by atoms with van der Waals surface area (Å²) < 4.78 is 45.0. The molecule has 1 aromatic heterocycles. The van der Waals surface area contributed by atoms with Gasteiger partial charge in [-0.15, -0.1) is 25.2 Å². The van der Waals surface area contributed by atoms with Gasteiger partial charge in [-0.25, -0.2) is 18.6 Å². The minimum atomic E-state index is -4.94. The lowest BCUT2D eigenvalue weighted by Gasteiger charge is -2.29. The molecule has 126 valence electrons. The smallest absolute Gasteiger partial charge is 0.338 e. The Balaban J connectivity index is 0.000000422. The third kappa shape index (κ3) is 5.48. The summed E-state index contributed by atoms with van der Waals surface area (Å²) in [5.41, 5.74) is 0. The van der Waals surface area contributed by atoms with E-state index in [2.05, 4.69) is 21.9 Å². The van der Waals surface area contributed by atoms with Crippen LogP contribution in [0.15, 0.2) is 0 Å². The number of rotatable bonds is 4. The van der Waals surface area contributed by atoms with E-state index in [1.54, 1.807) is 14.2 Å². The lowest BCUT2D eigenvalue weighted by Crippen LogP contribution is -2.68. The average Bonchev–Trinajstić information content (AvgIpc) is 2.95. The van der Waals surface area contributed by atoms with Crippen molar-refractivity contribution in [3.05, 3.63) is 0 Å². The predicted molar refractivity (Wildman–Crippen MR) is 64.2 cm³/mol. The highest BCUT2D eigenvalue weighted by atomic mass is 35.7. The van der Waals surface area contributed by atoms with E-state index in [0.717, 1.165) is 30.1 Å². The Bertz CT molecular complexity index is 450. The van der Waals surface area contributed by atoms with Crippen molar-refractivity contribution in [3.63, 3.8) is 0 Å². The number of nitrogens with zero attached hydrogens (tertiary/aromatic N) is 4. The summed E-state index contributed by atoms with van der Waals surface area (Å²) >= 11 is 0. The van der Waals surface area contributed by atoms with Crippen LogP contribution in [-0.2, 0) is 0 Å². The molecule has 0 N–H and O–H groups in total. The molecule has 22 heavy (non-hydrogen) atoms. The summed E-state index contributed by atoms with van der Waals surface area (Å²) in [4.78, 5) is 12.8. The molecule has 1 fully saturated rings. The van der Waals surface area contributed by atoms with Crippen LogP contribution in [0, 0.1) is 10.2 Å². The number of halogens is 1.